The Bertz CT molecular complexity index is 1290. The summed E-state index contributed by atoms with van der Waals surface area (Å²) in [5.74, 6) is 1.44. The molecule has 32 heavy (non-hydrogen) atoms. The largest absolute Gasteiger partial charge is 0.480 e. The van der Waals surface area contributed by atoms with Crippen molar-refractivity contribution in [2.24, 2.45) is 5.73 Å². The predicted octanol–water partition coefficient (Wildman–Crippen LogP) is 5.03. The van der Waals surface area contributed by atoms with E-state index < -0.39 is 0 Å². The molecule has 1 saturated carbocycles. The lowest BCUT2D eigenvalue weighted by Gasteiger charge is -2.38. The molecule has 4 aromatic rings. The van der Waals surface area contributed by atoms with E-state index in [2.05, 4.69) is 22.1 Å². The van der Waals surface area contributed by atoms with Gasteiger partial charge in [-0.25, -0.2) is 0 Å². The molecule has 1 aliphatic rings. The molecule has 0 radical (unpaired) electrons. The van der Waals surface area contributed by atoms with Crippen LogP contribution in [0.25, 0.3) is 33.6 Å². The van der Waals surface area contributed by atoms with E-state index in [-0.39, 0.29) is 17.7 Å². The highest BCUT2D eigenvalue weighted by molar-refractivity contribution is 6.03. The molecule has 1 aliphatic carbocycles. The number of nitrogens with two attached hydrogens (primary N) is 1. The molecule has 2 heterocycles. The van der Waals surface area contributed by atoms with E-state index in [0.717, 1.165) is 35.1 Å². The van der Waals surface area contributed by atoms with Gasteiger partial charge in [0.2, 0.25) is 11.6 Å². The van der Waals surface area contributed by atoms with Crippen molar-refractivity contribution in [1.82, 2.24) is 9.97 Å². The van der Waals surface area contributed by atoms with E-state index in [1.54, 1.807) is 7.11 Å². The fourth-order valence-electron chi connectivity index (χ4n) is 4.34. The van der Waals surface area contributed by atoms with E-state index in [1.807, 2.05) is 42.5 Å². The maximum Gasteiger partial charge on any atom is 0.234 e. The summed E-state index contributed by atoms with van der Waals surface area (Å²) in [4.78, 5) is 20.7. The Morgan fingerprint density at radius 1 is 1.06 bits per heavy atom. The number of carbonyl (C=O) groups is 1. The third-order valence-electron chi connectivity index (χ3n) is 6.20. The van der Waals surface area contributed by atoms with Gasteiger partial charge in [0.25, 0.3) is 0 Å². The highest BCUT2D eigenvalue weighted by atomic mass is 16.5. The van der Waals surface area contributed by atoms with Crippen molar-refractivity contribution in [3.05, 3.63) is 66.0 Å². The normalized spacial score (nSPS) is 14.8. The summed E-state index contributed by atoms with van der Waals surface area (Å²) in [7, 11) is 1.56. The molecule has 0 spiro atoms. The van der Waals surface area contributed by atoms with E-state index in [4.69, 9.17) is 14.9 Å². The second kappa shape index (κ2) is 7.88. The summed E-state index contributed by atoms with van der Waals surface area (Å²) in [6, 6.07) is 18.2. The first-order valence-corrected chi connectivity index (χ1v) is 10.8. The Labute approximate surface area is 186 Å². The Balaban J connectivity index is 1.71. The highest BCUT2D eigenvalue weighted by Crippen LogP contribution is 2.44. The number of Topliss-reactive ketones (excluding diaryl/α,β-unsaturated/α-hetero) is 1. The minimum Gasteiger partial charge on any atom is -0.480 e. The van der Waals surface area contributed by atoms with Crippen molar-refractivity contribution < 1.29 is 13.9 Å². The van der Waals surface area contributed by atoms with Crippen LogP contribution in [0, 0.1) is 0 Å². The van der Waals surface area contributed by atoms with Crippen LogP contribution < -0.4 is 10.5 Å². The molecule has 2 N–H and O–H groups in total. The third-order valence-corrected chi connectivity index (χ3v) is 6.20. The van der Waals surface area contributed by atoms with Crippen LogP contribution in [0.5, 0.6) is 5.88 Å². The average Bonchev–Trinajstić information content (AvgIpc) is 3.16. The number of ether oxygens (including phenoxy) is 1. The lowest BCUT2D eigenvalue weighted by Crippen LogP contribution is -2.43. The number of furan rings is 1. The molecule has 1 fully saturated rings. The van der Waals surface area contributed by atoms with E-state index in [9.17, 15) is 4.79 Å². The molecular formula is C26H25N3O3. The highest BCUT2D eigenvalue weighted by Gasteiger charge is 2.34. The Hall–Kier alpha value is -3.51. The van der Waals surface area contributed by atoms with Crippen molar-refractivity contribution in [1.29, 1.82) is 0 Å². The maximum absolute atomic E-state index is 11.6. The smallest absolute Gasteiger partial charge is 0.234 e. The molecule has 2 aromatic carbocycles. The summed E-state index contributed by atoms with van der Waals surface area (Å²) < 4.78 is 11.9. The zero-order chi connectivity index (χ0) is 22.3. The molecule has 6 nitrogen and oxygen atoms in total. The number of methoxy groups -OCH3 is 1. The van der Waals surface area contributed by atoms with Crippen molar-refractivity contribution >= 4 is 16.9 Å². The molecule has 0 amide bonds. The van der Waals surface area contributed by atoms with Crippen LogP contribution in [0.1, 0.15) is 37.6 Å². The minimum atomic E-state index is -0.217. The number of rotatable bonds is 6. The average molecular weight is 428 g/mol. The van der Waals surface area contributed by atoms with Crippen LogP contribution in [0.2, 0.25) is 0 Å². The zero-order valence-corrected chi connectivity index (χ0v) is 18.2. The summed E-state index contributed by atoms with van der Waals surface area (Å²) in [5, 5.41) is 0.694. The van der Waals surface area contributed by atoms with Gasteiger partial charge in [-0.15, -0.1) is 0 Å². The molecule has 6 heteroatoms. The Morgan fingerprint density at radius 3 is 2.38 bits per heavy atom. The van der Waals surface area contributed by atoms with E-state index >= 15 is 0 Å². The maximum atomic E-state index is 11.6. The quantitative estimate of drug-likeness (QED) is 0.464. The molecule has 0 unspecified atom stereocenters. The number of hydrogen-bond donors (Lipinski definition) is 1. The van der Waals surface area contributed by atoms with Crippen LogP contribution >= 0.6 is 0 Å². The summed E-state index contributed by atoms with van der Waals surface area (Å²) in [6.45, 7) is 1.51. The van der Waals surface area contributed by atoms with Gasteiger partial charge in [0, 0.05) is 16.7 Å². The minimum absolute atomic E-state index is 0.0243. The summed E-state index contributed by atoms with van der Waals surface area (Å²) in [5.41, 5.74) is 10.6. The molecule has 0 atom stereocenters. The van der Waals surface area contributed by atoms with E-state index in [0.29, 0.717) is 28.6 Å². The number of ketones is 1. The molecule has 162 valence electrons. The molecule has 0 bridgehead atoms. The Morgan fingerprint density at radius 2 is 1.78 bits per heavy atom. The van der Waals surface area contributed by atoms with Crippen LogP contribution in [0.3, 0.4) is 0 Å². The molecule has 2 aromatic heterocycles. The standard InChI is InChI=1S/C26H25N3O3/c1-16(30)15-20-28-24(31-2)22-21(17-7-4-3-5-8-17)23(32-25(22)29-20)18-9-11-19(12-10-18)26(27)13-6-14-26/h3-5,7-12H,6,13-15,27H2,1-2H3. The molecular weight excluding hydrogens is 402 g/mol. The monoisotopic (exact) mass is 427 g/mol. The molecule has 0 aliphatic heterocycles. The predicted molar refractivity (Wildman–Crippen MR) is 123 cm³/mol. The summed E-state index contributed by atoms with van der Waals surface area (Å²) >= 11 is 0. The zero-order valence-electron chi connectivity index (χ0n) is 18.2. The fraction of sp³-hybridized carbons (Fsp3) is 0.269. The van der Waals surface area contributed by atoms with Gasteiger partial charge in [-0.2, -0.15) is 9.97 Å². The van der Waals surface area contributed by atoms with Gasteiger partial charge in [-0.3, -0.25) is 4.79 Å². The van der Waals surface area contributed by atoms with Crippen LogP contribution in [-0.4, -0.2) is 22.9 Å². The third kappa shape index (κ3) is 3.46. The van der Waals surface area contributed by atoms with Gasteiger partial charge in [-0.05, 0) is 37.3 Å². The summed E-state index contributed by atoms with van der Waals surface area (Å²) in [6.07, 6.45) is 3.31. The lowest BCUT2D eigenvalue weighted by molar-refractivity contribution is -0.116. The van der Waals surface area contributed by atoms with Gasteiger partial charge in [0.1, 0.15) is 22.8 Å². The number of carbonyl (C=O) groups excluding carboxylic acids is 1. The number of hydrogen-bond acceptors (Lipinski definition) is 6. The van der Waals surface area contributed by atoms with Gasteiger partial charge < -0.3 is 14.9 Å². The van der Waals surface area contributed by atoms with Crippen LogP contribution in [-0.2, 0) is 16.8 Å². The first-order valence-electron chi connectivity index (χ1n) is 10.8. The van der Waals surface area contributed by atoms with Crippen molar-refractivity contribution in [2.45, 2.75) is 38.1 Å². The fourth-order valence-corrected chi connectivity index (χ4v) is 4.34. The molecule has 5 rings (SSSR count). The van der Waals surface area contributed by atoms with Crippen molar-refractivity contribution in [3.63, 3.8) is 0 Å². The van der Waals surface area contributed by atoms with Gasteiger partial charge >= 0.3 is 0 Å². The van der Waals surface area contributed by atoms with Gasteiger partial charge in [0.15, 0.2) is 0 Å². The Kier molecular flexibility index (Phi) is 5.02. The number of fused-ring (bicyclic) bond motifs is 1. The second-order valence-corrected chi connectivity index (χ2v) is 8.47. The first-order chi connectivity index (χ1) is 15.5. The molecule has 0 saturated heterocycles. The van der Waals surface area contributed by atoms with Crippen LogP contribution in [0.15, 0.2) is 59.0 Å². The van der Waals surface area contributed by atoms with Gasteiger partial charge in [-0.1, -0.05) is 54.6 Å². The van der Waals surface area contributed by atoms with E-state index in [1.165, 1.54) is 13.3 Å². The van der Waals surface area contributed by atoms with Crippen molar-refractivity contribution in [3.8, 4) is 28.3 Å². The second-order valence-electron chi connectivity index (χ2n) is 8.47. The van der Waals surface area contributed by atoms with Crippen molar-refractivity contribution in [2.75, 3.05) is 7.11 Å². The van der Waals surface area contributed by atoms with Crippen LogP contribution in [0.4, 0.5) is 0 Å². The first kappa shape index (κ1) is 20.4. The van der Waals surface area contributed by atoms with Gasteiger partial charge in [0.05, 0.1) is 13.5 Å². The topological polar surface area (TPSA) is 91.2 Å². The number of benzene rings is 2. The lowest BCUT2D eigenvalue weighted by atomic mass is 9.72. The number of nitrogens with zero attached hydrogens (tertiary/aromatic N) is 2. The SMILES string of the molecule is COc1nc(CC(C)=O)nc2oc(-c3ccc(C4(N)CCC4)cc3)c(-c3ccccc3)c12. The number of aromatic nitrogens is 2.